The number of aromatic amines is 1. The van der Waals surface area contributed by atoms with Crippen LogP contribution in [0.2, 0.25) is 0 Å². The first-order valence-corrected chi connectivity index (χ1v) is 6.10. The highest BCUT2D eigenvalue weighted by molar-refractivity contribution is 5.83. The van der Waals surface area contributed by atoms with E-state index in [2.05, 4.69) is 23.1 Å². The second kappa shape index (κ2) is 6.89. The van der Waals surface area contributed by atoms with E-state index in [1.807, 2.05) is 12.4 Å². The molecule has 0 unspecified atom stereocenters. The van der Waals surface area contributed by atoms with Gasteiger partial charge in [-0.1, -0.05) is 19.9 Å². The zero-order valence-corrected chi connectivity index (χ0v) is 10.4. The number of rotatable bonds is 8. The molecule has 0 saturated carbocycles. The molecule has 1 N–H and O–H groups in total. The van der Waals surface area contributed by atoms with Crippen molar-refractivity contribution >= 4 is 5.97 Å². The predicted octanol–water partition coefficient (Wildman–Crippen LogP) is 0.731. The average Bonchev–Trinajstić information content (AvgIpc) is 2.73. The number of nitrogens with one attached hydrogen (secondary N) is 1. The third-order valence-electron chi connectivity index (χ3n) is 2.78. The third-order valence-corrected chi connectivity index (χ3v) is 2.78. The van der Waals surface area contributed by atoms with Crippen molar-refractivity contribution in [3.05, 3.63) is 30.4 Å². The van der Waals surface area contributed by atoms with E-state index >= 15 is 0 Å². The van der Waals surface area contributed by atoms with E-state index in [4.69, 9.17) is 0 Å². The Morgan fingerprint density at radius 1 is 1.53 bits per heavy atom. The summed E-state index contributed by atoms with van der Waals surface area (Å²) in [5, 5.41) is 10.5. The minimum absolute atomic E-state index is 0.177. The standard InChI is InChI=1S/C13H20N2O2/c1-3-4-7-12-14-8-10-15(12)9-5-6-11(2)13(16)17/h8,10H,2-7,9H2,1H3,(H,16,17). The SMILES string of the molecule is C=C(CCC[n+]1cc[nH]c1CCCC)C(=O)[O-]. The highest BCUT2D eigenvalue weighted by atomic mass is 16.4. The summed E-state index contributed by atoms with van der Waals surface area (Å²) in [6.45, 7) is 6.44. The number of aromatic nitrogens is 2. The number of carbonyl (C=O) groups is 1. The van der Waals surface area contributed by atoms with Crippen molar-refractivity contribution in [3.63, 3.8) is 0 Å². The smallest absolute Gasteiger partial charge is 0.254 e. The van der Waals surface area contributed by atoms with E-state index in [-0.39, 0.29) is 5.57 Å². The lowest BCUT2D eigenvalue weighted by atomic mass is 10.1. The molecule has 0 atom stereocenters. The Kier molecular flexibility index (Phi) is 5.46. The second-order valence-corrected chi connectivity index (χ2v) is 4.20. The number of aryl methyl sites for hydroxylation is 2. The first-order chi connectivity index (χ1) is 8.15. The Labute approximate surface area is 102 Å². The Balaban J connectivity index is 2.38. The number of hydrogen-bond acceptors (Lipinski definition) is 2. The number of hydrogen-bond donors (Lipinski definition) is 1. The number of carboxylic acids is 1. The van der Waals surface area contributed by atoms with Crippen LogP contribution in [0.3, 0.4) is 0 Å². The van der Waals surface area contributed by atoms with Crippen molar-refractivity contribution in [1.29, 1.82) is 0 Å². The molecule has 0 aliphatic carbocycles. The van der Waals surface area contributed by atoms with Crippen molar-refractivity contribution in [2.75, 3.05) is 0 Å². The highest BCUT2D eigenvalue weighted by Gasteiger charge is 2.09. The molecule has 0 radical (unpaired) electrons. The molecular formula is C13H20N2O2. The first kappa shape index (κ1) is 13.5. The third kappa shape index (κ3) is 4.43. The van der Waals surface area contributed by atoms with Gasteiger partial charge in [-0.05, 0) is 24.8 Å². The number of aliphatic carboxylic acids is 1. The molecule has 0 aliphatic heterocycles. The van der Waals surface area contributed by atoms with Crippen LogP contribution in [0, 0.1) is 0 Å². The van der Waals surface area contributed by atoms with Crippen molar-refractivity contribution < 1.29 is 14.5 Å². The van der Waals surface area contributed by atoms with Gasteiger partial charge in [-0.25, -0.2) is 9.55 Å². The Morgan fingerprint density at radius 3 is 2.94 bits per heavy atom. The summed E-state index contributed by atoms with van der Waals surface area (Å²) in [5.41, 5.74) is 0.177. The van der Waals surface area contributed by atoms with Crippen LogP contribution in [0.1, 0.15) is 38.4 Å². The lowest BCUT2D eigenvalue weighted by Gasteiger charge is -2.05. The van der Waals surface area contributed by atoms with Gasteiger partial charge < -0.3 is 9.90 Å². The number of carboxylic acid groups (broad SMARTS) is 1. The van der Waals surface area contributed by atoms with E-state index in [1.165, 1.54) is 12.2 Å². The van der Waals surface area contributed by atoms with Crippen LogP contribution in [0.4, 0.5) is 0 Å². The Bertz CT molecular complexity index is 383. The molecular weight excluding hydrogens is 216 g/mol. The van der Waals surface area contributed by atoms with Gasteiger partial charge in [0.25, 0.3) is 5.82 Å². The molecule has 1 rings (SSSR count). The predicted molar refractivity (Wildman–Crippen MR) is 63.0 cm³/mol. The summed E-state index contributed by atoms with van der Waals surface area (Å²) in [5.74, 6) is 0.0567. The molecule has 0 bridgehead atoms. The van der Waals surface area contributed by atoms with E-state index in [9.17, 15) is 9.90 Å². The molecule has 0 spiro atoms. The van der Waals surface area contributed by atoms with E-state index in [1.54, 1.807) is 0 Å². The maximum atomic E-state index is 10.5. The molecule has 0 amide bonds. The average molecular weight is 236 g/mol. The van der Waals surface area contributed by atoms with E-state index in [0.717, 1.165) is 25.8 Å². The largest absolute Gasteiger partial charge is 0.545 e. The molecule has 0 saturated heterocycles. The monoisotopic (exact) mass is 236 g/mol. The minimum Gasteiger partial charge on any atom is -0.545 e. The van der Waals surface area contributed by atoms with Gasteiger partial charge in [-0.3, -0.25) is 0 Å². The summed E-state index contributed by atoms with van der Waals surface area (Å²) >= 11 is 0. The van der Waals surface area contributed by atoms with Crippen molar-refractivity contribution in [2.45, 2.75) is 45.6 Å². The maximum Gasteiger partial charge on any atom is 0.254 e. The van der Waals surface area contributed by atoms with Crippen LogP contribution in [0.5, 0.6) is 0 Å². The van der Waals surface area contributed by atoms with E-state index in [0.29, 0.717) is 6.42 Å². The Morgan fingerprint density at radius 2 is 2.29 bits per heavy atom. The van der Waals surface area contributed by atoms with Gasteiger partial charge in [-0.2, -0.15) is 0 Å². The summed E-state index contributed by atoms with van der Waals surface area (Å²) in [7, 11) is 0. The molecule has 0 fully saturated rings. The maximum absolute atomic E-state index is 10.5. The first-order valence-electron chi connectivity index (χ1n) is 6.10. The number of nitrogens with zero attached hydrogens (tertiary/aromatic N) is 1. The van der Waals surface area contributed by atoms with Gasteiger partial charge in [-0.15, -0.1) is 0 Å². The van der Waals surface area contributed by atoms with Crippen LogP contribution in [-0.2, 0) is 17.8 Å². The summed E-state index contributed by atoms with van der Waals surface area (Å²) in [6, 6.07) is 0. The molecule has 17 heavy (non-hydrogen) atoms. The zero-order valence-electron chi connectivity index (χ0n) is 10.4. The topological polar surface area (TPSA) is 59.8 Å². The van der Waals surface area contributed by atoms with Crippen LogP contribution in [0.25, 0.3) is 0 Å². The quantitative estimate of drug-likeness (QED) is 0.534. The number of unbranched alkanes of at least 4 members (excludes halogenated alkanes) is 1. The fourth-order valence-electron chi connectivity index (χ4n) is 1.73. The van der Waals surface area contributed by atoms with Crippen LogP contribution in [0.15, 0.2) is 24.5 Å². The molecule has 94 valence electrons. The fraction of sp³-hybridized carbons (Fsp3) is 0.538. The van der Waals surface area contributed by atoms with Crippen molar-refractivity contribution in [2.24, 2.45) is 0 Å². The van der Waals surface area contributed by atoms with E-state index < -0.39 is 5.97 Å². The van der Waals surface area contributed by atoms with Gasteiger partial charge in [0.05, 0.1) is 12.5 Å². The Hall–Kier alpha value is -1.58. The van der Waals surface area contributed by atoms with Crippen molar-refractivity contribution in [3.8, 4) is 0 Å². The molecule has 1 heterocycles. The number of H-pyrrole nitrogens is 1. The molecule has 4 nitrogen and oxygen atoms in total. The lowest BCUT2D eigenvalue weighted by Crippen LogP contribution is -2.36. The van der Waals surface area contributed by atoms with Gasteiger partial charge >= 0.3 is 0 Å². The van der Waals surface area contributed by atoms with Crippen LogP contribution in [-0.4, -0.2) is 11.0 Å². The van der Waals surface area contributed by atoms with Gasteiger partial charge in [0, 0.05) is 6.42 Å². The van der Waals surface area contributed by atoms with Gasteiger partial charge in [0.2, 0.25) is 0 Å². The summed E-state index contributed by atoms with van der Waals surface area (Å²) in [6.07, 6.45) is 8.52. The normalized spacial score (nSPS) is 10.4. The summed E-state index contributed by atoms with van der Waals surface area (Å²) < 4.78 is 2.14. The molecule has 1 aromatic rings. The van der Waals surface area contributed by atoms with Crippen LogP contribution < -0.4 is 9.67 Å². The highest BCUT2D eigenvalue weighted by Crippen LogP contribution is 2.02. The van der Waals surface area contributed by atoms with Gasteiger partial charge in [0.1, 0.15) is 12.4 Å². The molecule has 0 aromatic carbocycles. The molecule has 1 aromatic heterocycles. The number of imidazole rings is 1. The fourth-order valence-corrected chi connectivity index (χ4v) is 1.73. The zero-order chi connectivity index (χ0) is 12.7. The number of carbonyl (C=O) groups excluding carboxylic acids is 1. The second-order valence-electron chi connectivity index (χ2n) is 4.20. The summed E-state index contributed by atoms with van der Waals surface area (Å²) in [4.78, 5) is 13.7. The van der Waals surface area contributed by atoms with Gasteiger partial charge in [0.15, 0.2) is 0 Å². The minimum atomic E-state index is -1.14. The molecule has 4 heteroatoms. The lowest BCUT2D eigenvalue weighted by molar-refractivity contribution is -0.703. The van der Waals surface area contributed by atoms with Crippen LogP contribution >= 0.6 is 0 Å². The molecule has 0 aliphatic rings. The van der Waals surface area contributed by atoms with Crippen molar-refractivity contribution in [1.82, 2.24) is 4.98 Å².